The largest absolute Gasteiger partial charge is 1.00 e. The van der Waals surface area contributed by atoms with E-state index in [0.29, 0.717) is 22.1 Å². The van der Waals surface area contributed by atoms with Crippen molar-refractivity contribution in [2.24, 2.45) is 15.1 Å². The Morgan fingerprint density at radius 3 is 2.30 bits per heavy atom. The number of nitrogens with one attached hydrogen (secondary N) is 1. The topological polar surface area (TPSA) is 44.8 Å². The van der Waals surface area contributed by atoms with E-state index < -0.39 is 11.7 Å². The van der Waals surface area contributed by atoms with Crippen LogP contribution < -0.4 is 22.0 Å². The fourth-order valence-corrected chi connectivity index (χ4v) is 2.34. The quantitative estimate of drug-likeness (QED) is 0.640. The van der Waals surface area contributed by atoms with Gasteiger partial charge in [0.1, 0.15) is 0 Å². The number of quaternary nitrogens is 1. The highest BCUT2D eigenvalue weighted by atomic mass is 79.9. The SMILES string of the molecule is CN(C)C1=C(c2ccc(C(F)(F)F)cc2)C=NC2=NC=N[NH+]21.[Br-]. The average Bonchev–Trinajstić information content (AvgIpc) is 2.93. The molecule has 2 aliphatic heterocycles. The molecule has 0 aromatic heterocycles. The van der Waals surface area contributed by atoms with E-state index in [-0.39, 0.29) is 17.0 Å². The number of rotatable bonds is 2. The number of allylic oxidation sites excluding steroid dienone is 1. The molecule has 5 nitrogen and oxygen atoms in total. The van der Waals surface area contributed by atoms with Crippen molar-refractivity contribution >= 4 is 24.1 Å². The monoisotopic (exact) mass is 387 g/mol. The number of guanidine groups is 1. The fraction of sp³-hybridized carbons (Fsp3) is 0.214. The van der Waals surface area contributed by atoms with Crippen molar-refractivity contribution in [3.05, 3.63) is 41.2 Å². The Kier molecular flexibility index (Phi) is 4.71. The molecular weight excluding hydrogens is 375 g/mol. The second kappa shape index (κ2) is 6.25. The molecule has 0 spiro atoms. The van der Waals surface area contributed by atoms with E-state index in [9.17, 15) is 13.2 Å². The Bertz CT molecular complexity index is 717. The van der Waals surface area contributed by atoms with Crippen molar-refractivity contribution in [3.8, 4) is 0 Å². The summed E-state index contributed by atoms with van der Waals surface area (Å²) < 4.78 is 38.0. The first-order valence-corrected chi connectivity index (χ1v) is 6.49. The van der Waals surface area contributed by atoms with Gasteiger partial charge in [0.25, 0.3) is 0 Å². The van der Waals surface area contributed by atoms with E-state index in [1.165, 1.54) is 18.5 Å². The van der Waals surface area contributed by atoms with Crippen molar-refractivity contribution in [2.45, 2.75) is 6.18 Å². The molecule has 1 aromatic carbocycles. The minimum atomic E-state index is -4.34. The number of hydrogen-bond acceptors (Lipinski definition) is 4. The van der Waals surface area contributed by atoms with Crippen molar-refractivity contribution in [3.63, 3.8) is 0 Å². The molecule has 0 saturated heterocycles. The lowest BCUT2D eigenvalue weighted by Gasteiger charge is -2.23. The number of fused-ring (bicyclic) bond motifs is 1. The van der Waals surface area contributed by atoms with Crippen LogP contribution in [-0.4, -0.2) is 37.5 Å². The van der Waals surface area contributed by atoms with Crippen LogP contribution in [0.1, 0.15) is 11.1 Å². The maximum Gasteiger partial charge on any atom is 0.416 e. The first-order chi connectivity index (χ1) is 10.4. The summed E-state index contributed by atoms with van der Waals surface area (Å²) in [7, 11) is 3.69. The van der Waals surface area contributed by atoms with Crippen LogP contribution in [0.5, 0.6) is 0 Å². The van der Waals surface area contributed by atoms with E-state index in [4.69, 9.17) is 0 Å². The van der Waals surface area contributed by atoms with E-state index >= 15 is 0 Å². The lowest BCUT2D eigenvalue weighted by Crippen LogP contribution is -3.09. The van der Waals surface area contributed by atoms with E-state index in [1.54, 1.807) is 6.21 Å². The lowest BCUT2D eigenvalue weighted by molar-refractivity contribution is -0.777. The Hall–Kier alpha value is -2.00. The first-order valence-electron chi connectivity index (χ1n) is 6.49. The van der Waals surface area contributed by atoms with E-state index in [1.807, 2.05) is 19.0 Å². The first kappa shape index (κ1) is 17.4. The molecule has 1 aromatic rings. The molecule has 0 saturated carbocycles. The van der Waals surface area contributed by atoms with Crippen LogP contribution in [0.2, 0.25) is 0 Å². The zero-order chi connectivity index (χ0) is 15.9. The average molecular weight is 388 g/mol. The number of nitrogens with zero attached hydrogens (tertiary/aromatic N) is 4. The highest BCUT2D eigenvalue weighted by molar-refractivity contribution is 6.15. The van der Waals surface area contributed by atoms with Crippen molar-refractivity contribution < 1.29 is 35.2 Å². The number of alkyl halides is 3. The van der Waals surface area contributed by atoms with E-state index in [2.05, 4.69) is 15.1 Å². The van der Waals surface area contributed by atoms with Crippen molar-refractivity contribution in [1.82, 2.24) is 4.90 Å². The normalized spacial score (nSPS) is 19.3. The molecule has 2 aliphatic rings. The van der Waals surface area contributed by atoms with Gasteiger partial charge in [0.05, 0.1) is 17.4 Å². The molecule has 1 unspecified atom stereocenters. The zero-order valence-corrected chi connectivity index (χ0v) is 13.9. The van der Waals surface area contributed by atoms with Gasteiger partial charge in [0, 0.05) is 14.1 Å². The van der Waals surface area contributed by atoms with Crippen molar-refractivity contribution in [1.29, 1.82) is 0 Å². The Morgan fingerprint density at radius 2 is 1.74 bits per heavy atom. The number of benzene rings is 1. The van der Waals surface area contributed by atoms with Gasteiger partial charge in [-0.3, -0.25) is 0 Å². The third-order valence-corrected chi connectivity index (χ3v) is 3.34. The van der Waals surface area contributed by atoms with Crippen LogP contribution in [0.25, 0.3) is 5.57 Å². The van der Waals surface area contributed by atoms with Gasteiger partial charge in [-0.1, -0.05) is 22.2 Å². The van der Waals surface area contributed by atoms with Gasteiger partial charge in [-0.25, -0.2) is 0 Å². The third-order valence-electron chi connectivity index (χ3n) is 3.34. The van der Waals surface area contributed by atoms with Crippen LogP contribution in [0.15, 0.2) is 45.2 Å². The summed E-state index contributed by atoms with van der Waals surface area (Å²) in [5.74, 6) is 1.29. The number of halogens is 4. The molecule has 23 heavy (non-hydrogen) atoms. The van der Waals surface area contributed by atoms with Gasteiger partial charge in [0.2, 0.25) is 5.82 Å². The summed E-state index contributed by atoms with van der Waals surface area (Å²) >= 11 is 0. The molecule has 0 fully saturated rings. The highest BCUT2D eigenvalue weighted by Crippen LogP contribution is 2.30. The second-order valence-corrected chi connectivity index (χ2v) is 5.04. The maximum absolute atomic E-state index is 12.7. The van der Waals surface area contributed by atoms with Gasteiger partial charge in [-0.2, -0.15) is 23.2 Å². The maximum atomic E-state index is 12.7. The number of aliphatic imine (C=N–C) groups is 2. The summed E-state index contributed by atoms with van der Waals surface area (Å²) in [4.78, 5) is 10.1. The molecule has 9 heteroatoms. The highest BCUT2D eigenvalue weighted by Gasteiger charge is 2.35. The van der Waals surface area contributed by atoms with Gasteiger partial charge in [-0.15, -0.1) is 0 Å². The fourth-order valence-electron chi connectivity index (χ4n) is 2.34. The molecule has 122 valence electrons. The molecule has 0 aliphatic carbocycles. The number of hydrogen-bond donors (Lipinski definition) is 1. The summed E-state index contributed by atoms with van der Waals surface area (Å²) in [5.41, 5.74) is 0.686. The second-order valence-electron chi connectivity index (χ2n) is 5.04. The lowest BCUT2D eigenvalue weighted by atomic mass is 10.0. The van der Waals surface area contributed by atoms with Gasteiger partial charge in [-0.05, 0) is 17.7 Å². The van der Waals surface area contributed by atoms with Crippen LogP contribution in [0, 0.1) is 0 Å². The molecule has 0 radical (unpaired) electrons. The van der Waals surface area contributed by atoms with Crippen LogP contribution in [0.3, 0.4) is 0 Å². The molecule has 0 bridgehead atoms. The standard InChI is InChI=1S/C14H12F3N5.BrH/c1-21(2)12-11(7-18-13-19-8-20-22(12)13)9-3-5-10(6-4-9)14(15,16)17;/h3-8H,1-2H3;1H. The van der Waals surface area contributed by atoms with Crippen LogP contribution >= 0.6 is 0 Å². The summed E-state index contributed by atoms with van der Waals surface area (Å²) in [6.07, 6.45) is -1.32. The summed E-state index contributed by atoms with van der Waals surface area (Å²) in [5, 5.41) is 4.81. The molecule has 0 amide bonds. The van der Waals surface area contributed by atoms with E-state index in [0.717, 1.165) is 18.0 Å². The van der Waals surface area contributed by atoms with Gasteiger partial charge >= 0.3 is 12.1 Å². The van der Waals surface area contributed by atoms with Gasteiger partial charge < -0.3 is 21.9 Å². The smallest absolute Gasteiger partial charge is 0.416 e. The Balaban J connectivity index is 0.00000192. The summed E-state index contributed by atoms with van der Waals surface area (Å²) in [6, 6.07) is 5.01. The van der Waals surface area contributed by atoms with Crippen LogP contribution in [0.4, 0.5) is 13.2 Å². The molecular formula is C14H13BrF3N5. The summed E-state index contributed by atoms with van der Waals surface area (Å²) in [6.45, 7) is 0. The van der Waals surface area contributed by atoms with Gasteiger partial charge in [0.15, 0.2) is 6.34 Å². The van der Waals surface area contributed by atoms with Crippen LogP contribution in [-0.2, 0) is 6.18 Å². The Morgan fingerprint density at radius 1 is 1.09 bits per heavy atom. The van der Waals surface area contributed by atoms with Crippen molar-refractivity contribution in [2.75, 3.05) is 14.1 Å². The third kappa shape index (κ3) is 3.20. The molecule has 2 heterocycles. The Labute approximate surface area is 141 Å². The minimum absolute atomic E-state index is 0. The molecule has 1 atom stereocenters. The minimum Gasteiger partial charge on any atom is -1.00 e. The molecule has 1 N–H and O–H groups in total. The predicted molar refractivity (Wildman–Crippen MR) is 77.4 cm³/mol. The predicted octanol–water partition coefficient (Wildman–Crippen LogP) is -1.78. The zero-order valence-electron chi connectivity index (χ0n) is 12.3. The molecule has 3 rings (SSSR count).